The van der Waals surface area contributed by atoms with Gasteiger partial charge in [-0.15, -0.1) is 0 Å². The van der Waals surface area contributed by atoms with E-state index in [1.165, 1.54) is 44.1 Å². The zero-order valence-corrected chi connectivity index (χ0v) is 23.0. The second-order valence-corrected chi connectivity index (χ2v) is 17.9. The highest BCUT2D eigenvalue weighted by Crippen LogP contribution is 2.65. The quantitative estimate of drug-likeness (QED) is 0.415. The third-order valence-electron chi connectivity index (χ3n) is 10.4. The summed E-state index contributed by atoms with van der Waals surface area (Å²) in [6, 6.07) is 16.6. The minimum Gasteiger partial charge on any atom is -0.543 e. The Morgan fingerprint density at radius 3 is 2.36 bits per heavy atom. The van der Waals surface area contributed by atoms with E-state index in [1.54, 1.807) is 16.7 Å². The van der Waals surface area contributed by atoms with E-state index in [1.807, 2.05) is 0 Å². The highest BCUT2D eigenvalue weighted by atomic mass is 28.4. The van der Waals surface area contributed by atoms with Crippen molar-refractivity contribution in [2.24, 2.45) is 17.3 Å². The monoisotopic (exact) mass is 460 g/mol. The Morgan fingerprint density at radius 1 is 0.939 bits per heavy atom. The minimum absolute atomic E-state index is 0.234. The molecule has 0 N–H and O–H groups in total. The fraction of sp³-hybridized carbons (Fsp3) is 0.613. The smallest absolute Gasteiger partial charge is 0.250 e. The van der Waals surface area contributed by atoms with Crippen molar-refractivity contribution in [1.29, 1.82) is 0 Å². The SMILES string of the molecule is Cc1ccc([C@H]2CC[C@H]3[C@@H]4CCc5cc(O[Si](C)(C)C(C)(C)C)ccc5[C@H]4CC[C@]23C)cc1. The Morgan fingerprint density at radius 2 is 1.67 bits per heavy atom. The van der Waals surface area contributed by atoms with E-state index in [4.69, 9.17) is 4.43 Å². The lowest BCUT2D eigenvalue weighted by atomic mass is 9.53. The van der Waals surface area contributed by atoms with Gasteiger partial charge >= 0.3 is 0 Å². The van der Waals surface area contributed by atoms with Crippen LogP contribution in [0.1, 0.15) is 93.9 Å². The zero-order valence-electron chi connectivity index (χ0n) is 22.0. The minimum atomic E-state index is -1.80. The number of hydrogen-bond acceptors (Lipinski definition) is 1. The van der Waals surface area contributed by atoms with Gasteiger partial charge < -0.3 is 4.43 Å². The van der Waals surface area contributed by atoms with Crippen LogP contribution in [0.15, 0.2) is 42.5 Å². The molecule has 0 spiro atoms. The topological polar surface area (TPSA) is 9.23 Å². The number of rotatable bonds is 3. The normalized spacial score (nSPS) is 31.5. The highest BCUT2D eigenvalue weighted by molar-refractivity contribution is 6.74. The first-order valence-electron chi connectivity index (χ1n) is 13.4. The van der Waals surface area contributed by atoms with E-state index in [9.17, 15) is 0 Å². The molecule has 5 rings (SSSR count). The third kappa shape index (κ3) is 3.91. The average Bonchev–Trinajstić information content (AvgIpc) is 3.10. The molecule has 3 aliphatic carbocycles. The summed E-state index contributed by atoms with van der Waals surface area (Å²) < 4.78 is 6.66. The van der Waals surface area contributed by atoms with Crippen molar-refractivity contribution in [2.75, 3.05) is 0 Å². The van der Waals surface area contributed by atoms with Crippen LogP contribution in [0.5, 0.6) is 5.75 Å². The summed E-state index contributed by atoms with van der Waals surface area (Å²) in [5.74, 6) is 4.34. The summed E-state index contributed by atoms with van der Waals surface area (Å²) in [5.41, 5.74) is 6.66. The first kappa shape index (κ1) is 23.2. The predicted molar refractivity (Wildman–Crippen MR) is 143 cm³/mol. The van der Waals surface area contributed by atoms with Gasteiger partial charge in [0.25, 0.3) is 0 Å². The summed E-state index contributed by atoms with van der Waals surface area (Å²) >= 11 is 0. The second kappa shape index (κ2) is 8.01. The molecule has 0 heterocycles. The van der Waals surface area contributed by atoms with Gasteiger partial charge in [-0.1, -0.05) is 63.6 Å². The van der Waals surface area contributed by atoms with Crippen LogP contribution in [0, 0.1) is 24.2 Å². The maximum Gasteiger partial charge on any atom is 0.250 e. The van der Waals surface area contributed by atoms with Crippen molar-refractivity contribution >= 4 is 8.32 Å². The van der Waals surface area contributed by atoms with Crippen molar-refractivity contribution < 1.29 is 4.43 Å². The Balaban J connectivity index is 1.38. The summed E-state index contributed by atoms with van der Waals surface area (Å²) in [6.45, 7) is 16.5. The lowest BCUT2D eigenvalue weighted by molar-refractivity contribution is 0.0482. The Bertz CT molecular complexity index is 1010. The third-order valence-corrected chi connectivity index (χ3v) is 14.7. The largest absolute Gasteiger partial charge is 0.543 e. The lowest BCUT2D eigenvalue weighted by Gasteiger charge is -2.51. The molecule has 2 heteroatoms. The van der Waals surface area contributed by atoms with Crippen molar-refractivity contribution in [1.82, 2.24) is 0 Å². The van der Waals surface area contributed by atoms with Crippen LogP contribution in [0.4, 0.5) is 0 Å². The molecule has 0 saturated heterocycles. The van der Waals surface area contributed by atoms with Crippen LogP contribution < -0.4 is 4.43 Å². The van der Waals surface area contributed by atoms with Crippen LogP contribution in [-0.4, -0.2) is 8.32 Å². The summed E-state index contributed by atoms with van der Waals surface area (Å²) in [7, 11) is -1.80. The molecule has 0 unspecified atom stereocenters. The van der Waals surface area contributed by atoms with Crippen LogP contribution in [0.25, 0.3) is 0 Å². The van der Waals surface area contributed by atoms with Crippen LogP contribution in [-0.2, 0) is 6.42 Å². The molecular formula is C31H44OSi. The van der Waals surface area contributed by atoms with Gasteiger partial charge in [0.05, 0.1) is 0 Å². The molecule has 2 saturated carbocycles. The molecule has 33 heavy (non-hydrogen) atoms. The maximum absolute atomic E-state index is 6.66. The Labute approximate surface area is 203 Å². The van der Waals surface area contributed by atoms with E-state index >= 15 is 0 Å². The van der Waals surface area contributed by atoms with Crippen LogP contribution in [0.2, 0.25) is 18.1 Å². The van der Waals surface area contributed by atoms with Crippen molar-refractivity contribution in [2.45, 2.75) is 103 Å². The number of benzene rings is 2. The fourth-order valence-electron chi connectivity index (χ4n) is 7.42. The van der Waals surface area contributed by atoms with Crippen LogP contribution in [0.3, 0.4) is 0 Å². The second-order valence-electron chi connectivity index (χ2n) is 13.2. The van der Waals surface area contributed by atoms with Gasteiger partial charge in [0.1, 0.15) is 5.75 Å². The Kier molecular flexibility index (Phi) is 5.63. The van der Waals surface area contributed by atoms with Gasteiger partial charge in [0, 0.05) is 0 Å². The molecule has 5 atom stereocenters. The lowest BCUT2D eigenvalue weighted by Crippen LogP contribution is -2.44. The summed E-state index contributed by atoms with van der Waals surface area (Å²) in [6.07, 6.45) is 8.11. The molecule has 178 valence electrons. The fourth-order valence-corrected chi connectivity index (χ4v) is 8.44. The van der Waals surface area contributed by atoms with Crippen LogP contribution >= 0.6 is 0 Å². The van der Waals surface area contributed by atoms with Gasteiger partial charge in [-0.2, -0.15) is 0 Å². The predicted octanol–water partition coefficient (Wildman–Crippen LogP) is 9.02. The molecule has 0 bridgehead atoms. The molecule has 0 amide bonds. The molecular weight excluding hydrogens is 416 g/mol. The van der Waals surface area contributed by atoms with Gasteiger partial charge in [-0.25, -0.2) is 0 Å². The van der Waals surface area contributed by atoms with Crippen molar-refractivity contribution in [3.63, 3.8) is 0 Å². The molecule has 0 aromatic heterocycles. The number of aryl methyl sites for hydroxylation is 2. The molecule has 0 radical (unpaired) electrons. The molecule has 2 fully saturated rings. The van der Waals surface area contributed by atoms with E-state index < -0.39 is 8.32 Å². The molecule has 2 aromatic carbocycles. The van der Waals surface area contributed by atoms with Gasteiger partial charge in [-0.05, 0) is 121 Å². The Hall–Kier alpha value is -1.54. The standard InChI is InChI=1S/C31H44OSi/c1-21-8-10-22(11-9-21)28-16-17-29-27-14-12-23-20-24(32-33(6,7)30(2,3)4)13-15-25(23)26(27)18-19-31(28,29)5/h8-11,13,15,20,26-29H,12,14,16-19H2,1-7H3/t26-,27-,28-,29+,31-/m1/s1. The van der Waals surface area contributed by atoms with E-state index in [2.05, 4.69) is 90.2 Å². The van der Waals surface area contributed by atoms with Crippen molar-refractivity contribution in [3.05, 3.63) is 64.7 Å². The molecule has 3 aliphatic rings. The van der Waals surface area contributed by atoms with Gasteiger partial charge in [0.2, 0.25) is 8.32 Å². The van der Waals surface area contributed by atoms with E-state index in [0.717, 1.165) is 29.4 Å². The number of hydrogen-bond donors (Lipinski definition) is 0. The summed E-state index contributed by atoms with van der Waals surface area (Å²) in [4.78, 5) is 0. The van der Waals surface area contributed by atoms with Gasteiger partial charge in [0.15, 0.2) is 0 Å². The average molecular weight is 461 g/mol. The number of fused-ring (bicyclic) bond motifs is 5. The first-order valence-corrected chi connectivity index (χ1v) is 16.3. The van der Waals surface area contributed by atoms with E-state index in [-0.39, 0.29) is 5.04 Å². The maximum atomic E-state index is 6.66. The molecule has 1 nitrogen and oxygen atoms in total. The van der Waals surface area contributed by atoms with Crippen molar-refractivity contribution in [3.8, 4) is 5.75 Å². The first-order chi connectivity index (χ1) is 15.5. The van der Waals surface area contributed by atoms with E-state index in [0.29, 0.717) is 5.41 Å². The summed E-state index contributed by atoms with van der Waals surface area (Å²) in [5, 5.41) is 0.234. The zero-order chi connectivity index (χ0) is 23.6. The molecule has 2 aromatic rings. The molecule has 0 aliphatic heterocycles. The highest BCUT2D eigenvalue weighted by Gasteiger charge is 2.55. The van der Waals surface area contributed by atoms with Gasteiger partial charge in [-0.3, -0.25) is 0 Å².